The number of piperidine rings is 1. The second-order valence-electron chi connectivity index (χ2n) is 11.4. The number of carbonyl (C=O) groups excluding carboxylic acids is 2. The summed E-state index contributed by atoms with van der Waals surface area (Å²) in [4.78, 5) is 43.1. The van der Waals surface area contributed by atoms with Gasteiger partial charge < -0.3 is 29.3 Å². The number of hydrogen-bond acceptors (Lipinski definition) is 9. The summed E-state index contributed by atoms with van der Waals surface area (Å²) in [6.45, 7) is 8.85. The first-order chi connectivity index (χ1) is 19.1. The third kappa shape index (κ3) is 6.47. The van der Waals surface area contributed by atoms with E-state index < -0.39 is 11.8 Å². The number of hydrogen-bond donors (Lipinski definition) is 2. The zero-order valence-corrected chi connectivity index (χ0v) is 23.7. The smallest absolute Gasteiger partial charge is 0.497 e. The molecule has 1 aromatic carbocycles. The topological polar surface area (TPSA) is 128 Å². The highest BCUT2D eigenvalue weighted by Gasteiger charge is 2.28. The van der Waals surface area contributed by atoms with Gasteiger partial charge in [-0.05, 0) is 71.4 Å². The predicted molar refractivity (Wildman–Crippen MR) is 148 cm³/mol. The number of benzene rings is 1. The molecule has 1 amide bonds. The Labute approximate surface area is 233 Å². The number of nitrogens with one attached hydrogen (secondary N) is 2. The minimum Gasteiger partial charge on any atom is -0.497 e. The van der Waals surface area contributed by atoms with E-state index in [1.54, 1.807) is 32.9 Å². The fraction of sp³-hybridized carbons (Fsp3) is 0.517. The first-order valence-corrected chi connectivity index (χ1v) is 13.7. The van der Waals surface area contributed by atoms with Gasteiger partial charge in [0, 0.05) is 36.5 Å². The molecule has 2 aliphatic rings. The summed E-state index contributed by atoms with van der Waals surface area (Å²) in [5.74, 6) is 1.76. The van der Waals surface area contributed by atoms with E-state index in [2.05, 4.69) is 20.3 Å². The molecular weight excluding hydrogens is 514 g/mol. The van der Waals surface area contributed by atoms with Gasteiger partial charge in [-0.1, -0.05) is 0 Å². The lowest BCUT2D eigenvalue weighted by Gasteiger charge is -2.31. The number of rotatable bonds is 8. The molecule has 0 bridgehead atoms. The van der Waals surface area contributed by atoms with Crippen molar-refractivity contribution in [2.45, 2.75) is 65.0 Å². The molecule has 40 heavy (non-hydrogen) atoms. The van der Waals surface area contributed by atoms with Gasteiger partial charge in [-0.2, -0.15) is 0 Å². The van der Waals surface area contributed by atoms with Crippen molar-refractivity contribution in [1.82, 2.24) is 25.3 Å². The molecule has 5 rings (SSSR count). The molecule has 1 saturated carbocycles. The van der Waals surface area contributed by atoms with E-state index in [-0.39, 0.29) is 11.9 Å². The van der Waals surface area contributed by atoms with Crippen molar-refractivity contribution in [3.8, 4) is 22.8 Å². The molecule has 214 valence electrons. The SMILES string of the molecule is COc1ccc(-c2ncnc3c(C(=O)NC4CCN(OC(=O)OC(C)(C)C)CC4)c(C)[nH]c23)c(OCC2CC2)c1. The quantitative estimate of drug-likeness (QED) is 0.380. The Morgan fingerprint density at radius 3 is 2.55 bits per heavy atom. The van der Waals surface area contributed by atoms with Crippen LogP contribution in [-0.2, 0) is 9.57 Å². The van der Waals surface area contributed by atoms with E-state index in [1.165, 1.54) is 19.2 Å². The van der Waals surface area contributed by atoms with Crippen molar-refractivity contribution in [2.24, 2.45) is 5.92 Å². The van der Waals surface area contributed by atoms with Crippen molar-refractivity contribution in [1.29, 1.82) is 0 Å². The summed E-state index contributed by atoms with van der Waals surface area (Å²) in [5, 5.41) is 4.71. The largest absolute Gasteiger partial charge is 0.528 e. The van der Waals surface area contributed by atoms with Gasteiger partial charge in [-0.15, -0.1) is 5.06 Å². The number of nitrogens with zero attached hydrogens (tertiary/aromatic N) is 3. The van der Waals surface area contributed by atoms with E-state index in [4.69, 9.17) is 19.0 Å². The molecule has 3 heterocycles. The number of carbonyl (C=O) groups is 2. The molecule has 3 aromatic rings. The van der Waals surface area contributed by atoms with Crippen molar-refractivity contribution in [3.05, 3.63) is 35.8 Å². The van der Waals surface area contributed by atoms with Crippen LogP contribution in [0.3, 0.4) is 0 Å². The minimum absolute atomic E-state index is 0.0688. The first-order valence-electron chi connectivity index (χ1n) is 13.7. The van der Waals surface area contributed by atoms with Crippen molar-refractivity contribution in [2.75, 3.05) is 26.8 Å². The van der Waals surface area contributed by atoms with E-state index in [0.717, 1.165) is 5.56 Å². The Kier molecular flexibility index (Phi) is 7.84. The maximum absolute atomic E-state index is 13.5. The normalized spacial score (nSPS) is 16.5. The number of fused-ring (bicyclic) bond motifs is 1. The van der Waals surface area contributed by atoms with Crippen LogP contribution in [-0.4, -0.2) is 70.5 Å². The van der Waals surface area contributed by atoms with Gasteiger partial charge >= 0.3 is 6.16 Å². The number of hydroxylamine groups is 2. The van der Waals surface area contributed by atoms with Crippen LogP contribution < -0.4 is 14.8 Å². The number of aromatic nitrogens is 3. The van der Waals surface area contributed by atoms with E-state index in [1.807, 2.05) is 25.1 Å². The number of aromatic amines is 1. The molecule has 2 fully saturated rings. The van der Waals surface area contributed by atoms with Crippen LogP contribution in [0.4, 0.5) is 4.79 Å². The van der Waals surface area contributed by atoms with Crippen molar-refractivity contribution >= 4 is 23.1 Å². The molecule has 11 heteroatoms. The molecule has 2 aromatic heterocycles. The highest BCUT2D eigenvalue weighted by Crippen LogP contribution is 2.38. The maximum Gasteiger partial charge on any atom is 0.528 e. The average molecular weight is 552 g/mol. The highest BCUT2D eigenvalue weighted by atomic mass is 16.8. The lowest BCUT2D eigenvalue weighted by atomic mass is 10.1. The van der Waals surface area contributed by atoms with Crippen LogP contribution in [0.1, 0.15) is 62.5 Å². The number of ether oxygens (including phenoxy) is 3. The fourth-order valence-corrected chi connectivity index (χ4v) is 4.76. The van der Waals surface area contributed by atoms with Crippen LogP contribution in [0, 0.1) is 12.8 Å². The summed E-state index contributed by atoms with van der Waals surface area (Å²) in [6.07, 6.45) is 4.37. The number of H-pyrrole nitrogens is 1. The molecule has 11 nitrogen and oxygen atoms in total. The third-order valence-corrected chi connectivity index (χ3v) is 7.00. The lowest BCUT2D eigenvalue weighted by molar-refractivity contribution is -0.152. The van der Waals surface area contributed by atoms with Gasteiger partial charge in [0.15, 0.2) is 0 Å². The highest BCUT2D eigenvalue weighted by molar-refractivity contribution is 6.09. The monoisotopic (exact) mass is 551 g/mol. The second kappa shape index (κ2) is 11.3. The number of methoxy groups -OCH3 is 1. The molecule has 0 atom stereocenters. The fourth-order valence-electron chi connectivity index (χ4n) is 4.76. The Hall–Kier alpha value is -3.86. The van der Waals surface area contributed by atoms with Gasteiger partial charge in [0.2, 0.25) is 0 Å². The molecule has 0 unspecified atom stereocenters. The summed E-state index contributed by atoms with van der Waals surface area (Å²) < 4.78 is 16.8. The number of aryl methyl sites for hydroxylation is 1. The first kappa shape index (κ1) is 27.7. The summed E-state index contributed by atoms with van der Waals surface area (Å²) in [6, 6.07) is 5.59. The molecule has 0 spiro atoms. The Bertz CT molecular complexity index is 1390. The summed E-state index contributed by atoms with van der Waals surface area (Å²) in [5.41, 5.74) is 3.26. The molecule has 2 N–H and O–H groups in total. The molecule has 1 saturated heterocycles. The summed E-state index contributed by atoms with van der Waals surface area (Å²) >= 11 is 0. The number of amides is 1. The maximum atomic E-state index is 13.5. The van der Waals surface area contributed by atoms with E-state index in [9.17, 15) is 9.59 Å². The van der Waals surface area contributed by atoms with Gasteiger partial charge in [-0.25, -0.2) is 14.8 Å². The lowest BCUT2D eigenvalue weighted by Crippen LogP contribution is -2.45. The standard InChI is InChI=1S/C29H37N5O6/c1-17-23(27(35)33-19-10-12-34(13-11-19)40-28(36)39-29(2,3)4)25-26(32-17)24(30-16-31-25)21-9-8-20(37-5)14-22(21)38-15-18-6-7-18/h8-9,14,16,18-19,32H,6-7,10-13,15H2,1-5H3,(H,33,35). The van der Waals surface area contributed by atoms with Crippen LogP contribution in [0.2, 0.25) is 0 Å². The third-order valence-electron chi connectivity index (χ3n) is 7.00. The van der Waals surface area contributed by atoms with E-state index in [0.29, 0.717) is 77.9 Å². The van der Waals surface area contributed by atoms with Crippen molar-refractivity contribution < 1.29 is 28.6 Å². The second-order valence-corrected chi connectivity index (χ2v) is 11.4. The van der Waals surface area contributed by atoms with Gasteiger partial charge in [-0.3, -0.25) is 4.79 Å². The van der Waals surface area contributed by atoms with Crippen LogP contribution in [0.5, 0.6) is 11.5 Å². The van der Waals surface area contributed by atoms with Crippen LogP contribution in [0.25, 0.3) is 22.3 Å². The van der Waals surface area contributed by atoms with Crippen LogP contribution >= 0.6 is 0 Å². The van der Waals surface area contributed by atoms with E-state index >= 15 is 0 Å². The predicted octanol–water partition coefficient (Wildman–Crippen LogP) is 4.79. The molecule has 1 aliphatic carbocycles. The minimum atomic E-state index is -0.724. The van der Waals surface area contributed by atoms with Gasteiger partial charge in [0.1, 0.15) is 34.6 Å². The van der Waals surface area contributed by atoms with Gasteiger partial charge in [0.05, 0.1) is 24.8 Å². The zero-order chi connectivity index (χ0) is 28.4. The van der Waals surface area contributed by atoms with Gasteiger partial charge in [0.25, 0.3) is 5.91 Å². The van der Waals surface area contributed by atoms with Crippen LogP contribution in [0.15, 0.2) is 24.5 Å². The molecule has 1 aliphatic heterocycles. The molecular formula is C29H37N5O6. The Morgan fingerprint density at radius 2 is 1.88 bits per heavy atom. The average Bonchev–Trinajstić information content (AvgIpc) is 3.67. The Balaban J connectivity index is 1.30. The molecule has 0 radical (unpaired) electrons. The van der Waals surface area contributed by atoms with Crippen molar-refractivity contribution in [3.63, 3.8) is 0 Å². The zero-order valence-electron chi connectivity index (χ0n) is 23.7. The Morgan fingerprint density at radius 1 is 1.12 bits per heavy atom. The summed E-state index contributed by atoms with van der Waals surface area (Å²) in [7, 11) is 1.62.